The number of hydrogen-bond acceptors (Lipinski definition) is 3. The fraction of sp³-hybridized carbons (Fsp3) is 0.571. The molecule has 1 aliphatic rings. The fourth-order valence-corrected chi connectivity index (χ4v) is 2.53. The second-order valence-electron chi connectivity index (χ2n) is 5.22. The molecular formula is C14H19F4N3. The van der Waals surface area contributed by atoms with Crippen molar-refractivity contribution < 1.29 is 17.6 Å². The Kier molecular flexibility index (Phi) is 5.05. The largest absolute Gasteiger partial charge is 0.416 e. The first kappa shape index (κ1) is 16.0. The molecule has 7 heteroatoms. The molecule has 2 N–H and O–H groups in total. The van der Waals surface area contributed by atoms with Crippen molar-refractivity contribution in [2.24, 2.45) is 0 Å². The van der Waals surface area contributed by atoms with Gasteiger partial charge < -0.3 is 5.73 Å². The first-order chi connectivity index (χ1) is 9.90. The Hall–Kier alpha value is -1.34. The van der Waals surface area contributed by atoms with Gasteiger partial charge in [-0.15, -0.1) is 0 Å². The van der Waals surface area contributed by atoms with E-state index in [0.717, 1.165) is 6.07 Å². The van der Waals surface area contributed by atoms with Crippen molar-refractivity contribution in [3.8, 4) is 0 Å². The minimum Gasteiger partial charge on any atom is -0.399 e. The lowest BCUT2D eigenvalue weighted by Crippen LogP contribution is -2.46. The maximum atomic E-state index is 13.0. The summed E-state index contributed by atoms with van der Waals surface area (Å²) in [7, 11) is 0. The van der Waals surface area contributed by atoms with Crippen LogP contribution in [-0.2, 0) is 12.7 Å². The van der Waals surface area contributed by atoms with E-state index in [1.54, 1.807) is 0 Å². The molecule has 3 nitrogen and oxygen atoms in total. The van der Waals surface area contributed by atoms with Crippen LogP contribution in [-0.4, -0.2) is 49.2 Å². The van der Waals surface area contributed by atoms with Gasteiger partial charge >= 0.3 is 6.18 Å². The highest BCUT2D eigenvalue weighted by Gasteiger charge is 2.34. The molecule has 0 unspecified atom stereocenters. The number of alkyl halides is 4. The summed E-state index contributed by atoms with van der Waals surface area (Å²) in [6.45, 7) is 2.88. The van der Waals surface area contributed by atoms with E-state index in [0.29, 0.717) is 32.7 Å². The first-order valence-corrected chi connectivity index (χ1v) is 6.86. The molecule has 0 saturated carbocycles. The Morgan fingerprint density at radius 2 is 1.67 bits per heavy atom. The predicted molar refractivity (Wildman–Crippen MR) is 73.5 cm³/mol. The molecule has 1 saturated heterocycles. The van der Waals surface area contributed by atoms with Crippen LogP contribution in [0.3, 0.4) is 0 Å². The third-order valence-corrected chi connectivity index (χ3v) is 3.70. The van der Waals surface area contributed by atoms with E-state index < -0.39 is 18.4 Å². The Bertz CT molecular complexity index is 468. The van der Waals surface area contributed by atoms with Crippen LogP contribution in [0.4, 0.5) is 23.2 Å². The van der Waals surface area contributed by atoms with Crippen LogP contribution in [0.1, 0.15) is 11.1 Å². The van der Waals surface area contributed by atoms with E-state index in [-0.39, 0.29) is 17.8 Å². The number of nitrogens with two attached hydrogens (primary N) is 1. The van der Waals surface area contributed by atoms with Crippen molar-refractivity contribution in [1.29, 1.82) is 0 Å². The molecule has 1 fully saturated rings. The van der Waals surface area contributed by atoms with Gasteiger partial charge in [0.15, 0.2) is 0 Å². The molecule has 1 heterocycles. The first-order valence-electron chi connectivity index (χ1n) is 6.86. The van der Waals surface area contributed by atoms with Crippen LogP contribution >= 0.6 is 0 Å². The highest BCUT2D eigenvalue weighted by Crippen LogP contribution is 2.34. The SMILES string of the molecule is Nc1ccc(CN2CCN(CCF)CC2)c(C(F)(F)F)c1. The Balaban J connectivity index is 2.04. The Labute approximate surface area is 121 Å². The molecule has 0 aliphatic carbocycles. The van der Waals surface area contributed by atoms with E-state index >= 15 is 0 Å². The minimum absolute atomic E-state index is 0.110. The van der Waals surface area contributed by atoms with Gasteiger partial charge in [-0.25, -0.2) is 4.39 Å². The normalized spacial score (nSPS) is 18.1. The highest BCUT2D eigenvalue weighted by atomic mass is 19.4. The summed E-state index contributed by atoms with van der Waals surface area (Å²) < 4.78 is 51.3. The quantitative estimate of drug-likeness (QED) is 0.685. The number of anilines is 1. The van der Waals surface area contributed by atoms with Gasteiger partial charge in [-0.05, 0) is 17.7 Å². The number of piperazine rings is 1. The lowest BCUT2D eigenvalue weighted by molar-refractivity contribution is -0.138. The lowest BCUT2D eigenvalue weighted by Gasteiger charge is -2.34. The van der Waals surface area contributed by atoms with Crippen LogP contribution in [0, 0.1) is 0 Å². The number of nitrogen functional groups attached to an aromatic ring is 1. The third-order valence-electron chi connectivity index (χ3n) is 3.70. The number of nitrogens with zero attached hydrogens (tertiary/aromatic N) is 2. The molecular weight excluding hydrogens is 286 g/mol. The van der Waals surface area contributed by atoms with E-state index in [1.807, 2.05) is 9.80 Å². The zero-order valence-electron chi connectivity index (χ0n) is 11.7. The molecule has 0 amide bonds. The van der Waals surface area contributed by atoms with Gasteiger partial charge in [0.2, 0.25) is 0 Å². The average Bonchev–Trinajstić information content (AvgIpc) is 2.42. The second kappa shape index (κ2) is 6.62. The molecule has 0 bridgehead atoms. The summed E-state index contributed by atoms with van der Waals surface area (Å²) in [4.78, 5) is 3.93. The molecule has 2 rings (SSSR count). The molecule has 1 aromatic carbocycles. The van der Waals surface area contributed by atoms with Gasteiger partial charge in [0, 0.05) is 45.0 Å². The topological polar surface area (TPSA) is 32.5 Å². The van der Waals surface area contributed by atoms with Gasteiger partial charge in [-0.3, -0.25) is 9.80 Å². The summed E-state index contributed by atoms with van der Waals surface area (Å²) in [5.41, 5.74) is 5.12. The third kappa shape index (κ3) is 4.31. The van der Waals surface area contributed by atoms with Crippen molar-refractivity contribution in [2.75, 3.05) is 45.1 Å². The maximum Gasteiger partial charge on any atom is 0.416 e. The maximum absolute atomic E-state index is 13.0. The van der Waals surface area contributed by atoms with Crippen molar-refractivity contribution in [3.63, 3.8) is 0 Å². The minimum atomic E-state index is -4.40. The standard InChI is InChI=1S/C14H19F4N3/c15-3-4-20-5-7-21(8-6-20)10-11-1-2-12(19)9-13(11)14(16,17)18/h1-2,9H,3-8,10,19H2. The summed E-state index contributed by atoms with van der Waals surface area (Å²) in [6.07, 6.45) is -4.40. The van der Waals surface area contributed by atoms with Crippen LogP contribution in [0.25, 0.3) is 0 Å². The second-order valence-corrected chi connectivity index (χ2v) is 5.22. The zero-order chi connectivity index (χ0) is 15.5. The van der Waals surface area contributed by atoms with Gasteiger partial charge in [-0.1, -0.05) is 6.07 Å². The van der Waals surface area contributed by atoms with Crippen molar-refractivity contribution in [2.45, 2.75) is 12.7 Å². The number of hydrogen-bond donors (Lipinski definition) is 1. The van der Waals surface area contributed by atoms with Crippen molar-refractivity contribution in [1.82, 2.24) is 9.80 Å². The molecule has 0 spiro atoms. The molecule has 21 heavy (non-hydrogen) atoms. The monoisotopic (exact) mass is 305 g/mol. The lowest BCUT2D eigenvalue weighted by atomic mass is 10.1. The van der Waals surface area contributed by atoms with Crippen LogP contribution in [0.2, 0.25) is 0 Å². The fourth-order valence-electron chi connectivity index (χ4n) is 2.53. The van der Waals surface area contributed by atoms with E-state index in [9.17, 15) is 17.6 Å². The molecule has 0 aromatic heterocycles. The Morgan fingerprint density at radius 3 is 2.24 bits per heavy atom. The van der Waals surface area contributed by atoms with Crippen molar-refractivity contribution >= 4 is 5.69 Å². The molecule has 1 aromatic rings. The summed E-state index contributed by atoms with van der Waals surface area (Å²) in [6, 6.07) is 3.91. The highest BCUT2D eigenvalue weighted by molar-refractivity contribution is 5.46. The van der Waals surface area contributed by atoms with E-state index in [4.69, 9.17) is 5.73 Å². The predicted octanol–water partition coefficient (Wildman–Crippen LogP) is 2.37. The smallest absolute Gasteiger partial charge is 0.399 e. The van der Waals surface area contributed by atoms with Gasteiger partial charge in [0.1, 0.15) is 6.67 Å². The van der Waals surface area contributed by atoms with Crippen LogP contribution < -0.4 is 5.73 Å². The summed E-state index contributed by atoms with van der Waals surface area (Å²) in [5.74, 6) is 0. The summed E-state index contributed by atoms with van der Waals surface area (Å²) >= 11 is 0. The van der Waals surface area contributed by atoms with E-state index in [1.165, 1.54) is 12.1 Å². The van der Waals surface area contributed by atoms with Gasteiger partial charge in [0.05, 0.1) is 5.56 Å². The zero-order valence-corrected chi connectivity index (χ0v) is 11.7. The molecule has 0 atom stereocenters. The van der Waals surface area contributed by atoms with Gasteiger partial charge in [-0.2, -0.15) is 13.2 Å². The van der Waals surface area contributed by atoms with Gasteiger partial charge in [0.25, 0.3) is 0 Å². The number of benzene rings is 1. The number of rotatable bonds is 4. The summed E-state index contributed by atoms with van der Waals surface area (Å²) in [5, 5.41) is 0. The number of halogens is 4. The molecule has 1 aliphatic heterocycles. The van der Waals surface area contributed by atoms with Crippen molar-refractivity contribution in [3.05, 3.63) is 29.3 Å². The van der Waals surface area contributed by atoms with E-state index in [2.05, 4.69) is 0 Å². The molecule has 0 radical (unpaired) electrons. The Morgan fingerprint density at radius 1 is 1.05 bits per heavy atom. The van der Waals surface area contributed by atoms with Crippen LogP contribution in [0.5, 0.6) is 0 Å². The molecule has 118 valence electrons. The average molecular weight is 305 g/mol. The van der Waals surface area contributed by atoms with Crippen LogP contribution in [0.15, 0.2) is 18.2 Å².